The van der Waals surface area contributed by atoms with Crippen LogP contribution in [0, 0.1) is 19.8 Å². The average molecular weight is 351 g/mol. The Labute approximate surface area is 154 Å². The van der Waals surface area contributed by atoms with E-state index in [0.29, 0.717) is 5.92 Å². The van der Waals surface area contributed by atoms with E-state index in [-0.39, 0.29) is 24.5 Å². The number of aryl methyl sites for hydroxylation is 2. The van der Waals surface area contributed by atoms with Crippen molar-refractivity contribution in [2.45, 2.75) is 32.7 Å². The molecule has 0 heterocycles. The summed E-state index contributed by atoms with van der Waals surface area (Å²) in [5.74, 6) is 0.242. The van der Waals surface area contributed by atoms with Crippen molar-refractivity contribution in [3.63, 3.8) is 0 Å². The van der Waals surface area contributed by atoms with Crippen molar-refractivity contribution in [3.8, 4) is 0 Å². The molecule has 1 atom stereocenters. The molecule has 5 nitrogen and oxygen atoms in total. The van der Waals surface area contributed by atoms with Crippen molar-refractivity contribution in [1.82, 2.24) is 10.6 Å². The molecular weight excluding hydrogens is 326 g/mol. The van der Waals surface area contributed by atoms with E-state index in [0.717, 1.165) is 35.2 Å². The van der Waals surface area contributed by atoms with Gasteiger partial charge in [0.25, 0.3) is 0 Å². The highest BCUT2D eigenvalue weighted by Gasteiger charge is 2.33. The zero-order valence-corrected chi connectivity index (χ0v) is 15.2. The third-order valence-corrected chi connectivity index (χ3v) is 4.69. The number of rotatable bonds is 6. The van der Waals surface area contributed by atoms with E-state index in [1.54, 1.807) is 0 Å². The molecule has 3 amide bonds. The summed E-state index contributed by atoms with van der Waals surface area (Å²) in [5.41, 5.74) is 3.91. The number of hydrogen-bond donors (Lipinski definition) is 3. The summed E-state index contributed by atoms with van der Waals surface area (Å²) in [5, 5.41) is 8.54. The molecule has 5 heteroatoms. The smallest absolute Gasteiger partial charge is 0.315 e. The van der Waals surface area contributed by atoms with Crippen LogP contribution in [0.2, 0.25) is 0 Å². The molecule has 26 heavy (non-hydrogen) atoms. The van der Waals surface area contributed by atoms with E-state index >= 15 is 0 Å². The summed E-state index contributed by atoms with van der Waals surface area (Å²) in [7, 11) is 0. The van der Waals surface area contributed by atoms with Crippen LogP contribution in [-0.4, -0.2) is 18.5 Å². The molecule has 0 saturated heterocycles. The molecule has 1 unspecified atom stereocenters. The number of urea groups is 1. The van der Waals surface area contributed by atoms with Gasteiger partial charge in [0.15, 0.2) is 0 Å². The molecule has 0 aromatic heterocycles. The van der Waals surface area contributed by atoms with Gasteiger partial charge in [0, 0.05) is 5.69 Å². The topological polar surface area (TPSA) is 70.2 Å². The fourth-order valence-corrected chi connectivity index (χ4v) is 3.11. The quantitative estimate of drug-likeness (QED) is 0.743. The minimum Gasteiger partial charge on any atom is -0.331 e. The van der Waals surface area contributed by atoms with Crippen LogP contribution in [0.25, 0.3) is 0 Å². The highest BCUT2D eigenvalue weighted by Crippen LogP contribution is 2.40. The Balaban J connectivity index is 1.52. The van der Waals surface area contributed by atoms with Crippen LogP contribution in [0.5, 0.6) is 0 Å². The summed E-state index contributed by atoms with van der Waals surface area (Å²) in [4.78, 5) is 24.4. The molecule has 0 radical (unpaired) electrons. The molecule has 0 bridgehead atoms. The van der Waals surface area contributed by atoms with Crippen molar-refractivity contribution in [2.24, 2.45) is 5.92 Å². The van der Waals surface area contributed by atoms with Gasteiger partial charge in [-0.25, -0.2) is 4.79 Å². The van der Waals surface area contributed by atoms with Gasteiger partial charge >= 0.3 is 6.03 Å². The minimum absolute atomic E-state index is 0.00197. The molecule has 0 spiro atoms. The molecule has 3 N–H and O–H groups in total. The third kappa shape index (κ3) is 4.63. The van der Waals surface area contributed by atoms with E-state index in [1.807, 2.05) is 62.4 Å². The number of anilines is 1. The first kappa shape index (κ1) is 18.0. The van der Waals surface area contributed by atoms with E-state index in [9.17, 15) is 9.59 Å². The molecular formula is C21H25N3O2. The second-order valence-corrected chi connectivity index (χ2v) is 6.87. The summed E-state index contributed by atoms with van der Waals surface area (Å²) >= 11 is 0. The molecule has 2 aromatic carbocycles. The van der Waals surface area contributed by atoms with Gasteiger partial charge in [0.2, 0.25) is 5.91 Å². The van der Waals surface area contributed by atoms with Crippen molar-refractivity contribution >= 4 is 17.6 Å². The fourth-order valence-electron chi connectivity index (χ4n) is 3.11. The normalized spacial score (nSPS) is 14.4. The fraction of sp³-hybridized carbons (Fsp3) is 0.333. The number of para-hydroxylation sites is 1. The first-order valence-corrected chi connectivity index (χ1v) is 9.00. The number of carbonyl (C=O) groups excluding carboxylic acids is 2. The van der Waals surface area contributed by atoms with Crippen LogP contribution in [0.1, 0.15) is 35.6 Å². The lowest BCUT2D eigenvalue weighted by atomic mass is 10.0. The second kappa shape index (κ2) is 8.04. The van der Waals surface area contributed by atoms with Gasteiger partial charge in [-0.2, -0.15) is 0 Å². The van der Waals surface area contributed by atoms with Gasteiger partial charge in [0.05, 0.1) is 12.6 Å². The lowest BCUT2D eigenvalue weighted by Gasteiger charge is -2.19. The Morgan fingerprint density at radius 1 is 1.00 bits per heavy atom. The number of nitrogens with one attached hydrogen (secondary N) is 3. The molecule has 1 fully saturated rings. The summed E-state index contributed by atoms with van der Waals surface area (Å²) in [6.45, 7) is 3.83. The first-order valence-electron chi connectivity index (χ1n) is 9.00. The zero-order chi connectivity index (χ0) is 18.5. The van der Waals surface area contributed by atoms with E-state index in [2.05, 4.69) is 16.0 Å². The number of hydrogen-bond acceptors (Lipinski definition) is 2. The van der Waals surface area contributed by atoms with E-state index in [1.165, 1.54) is 0 Å². The zero-order valence-electron chi connectivity index (χ0n) is 15.2. The number of benzene rings is 2. The van der Waals surface area contributed by atoms with Gasteiger partial charge < -0.3 is 16.0 Å². The van der Waals surface area contributed by atoms with Gasteiger partial charge in [-0.3, -0.25) is 4.79 Å². The van der Waals surface area contributed by atoms with Crippen LogP contribution < -0.4 is 16.0 Å². The first-order chi connectivity index (χ1) is 12.5. The van der Waals surface area contributed by atoms with Crippen molar-refractivity contribution < 1.29 is 9.59 Å². The SMILES string of the molecule is Cc1cccc(C)c1NC(=O)CNC(=O)NC(c1ccccc1)C1CC1. The molecule has 1 aliphatic carbocycles. The predicted molar refractivity (Wildman–Crippen MR) is 103 cm³/mol. The second-order valence-electron chi connectivity index (χ2n) is 6.87. The van der Waals surface area contributed by atoms with Crippen molar-refractivity contribution in [2.75, 3.05) is 11.9 Å². The maximum Gasteiger partial charge on any atom is 0.315 e. The largest absolute Gasteiger partial charge is 0.331 e. The summed E-state index contributed by atoms with van der Waals surface area (Å²) in [6, 6.07) is 15.5. The van der Waals surface area contributed by atoms with Crippen LogP contribution in [0.3, 0.4) is 0 Å². The van der Waals surface area contributed by atoms with Crippen LogP contribution in [0.4, 0.5) is 10.5 Å². The molecule has 0 aliphatic heterocycles. The molecule has 1 aliphatic rings. The van der Waals surface area contributed by atoms with Crippen LogP contribution >= 0.6 is 0 Å². The standard InChI is InChI=1S/C21H25N3O2/c1-14-7-6-8-15(2)19(14)23-18(25)13-22-21(26)24-20(17-11-12-17)16-9-4-3-5-10-16/h3-10,17,20H,11-13H2,1-2H3,(H,23,25)(H2,22,24,26). The molecule has 136 valence electrons. The monoisotopic (exact) mass is 351 g/mol. The lowest BCUT2D eigenvalue weighted by Crippen LogP contribution is -2.42. The molecule has 3 rings (SSSR count). The van der Waals surface area contributed by atoms with Crippen LogP contribution in [0.15, 0.2) is 48.5 Å². The highest BCUT2D eigenvalue weighted by molar-refractivity contribution is 5.95. The van der Waals surface area contributed by atoms with E-state index < -0.39 is 0 Å². The van der Waals surface area contributed by atoms with Gasteiger partial charge in [-0.05, 0) is 49.3 Å². The van der Waals surface area contributed by atoms with Crippen molar-refractivity contribution in [1.29, 1.82) is 0 Å². The Kier molecular flexibility index (Phi) is 5.56. The minimum atomic E-state index is -0.317. The van der Waals surface area contributed by atoms with Gasteiger partial charge in [-0.1, -0.05) is 48.5 Å². The summed E-state index contributed by atoms with van der Waals surface area (Å²) in [6.07, 6.45) is 2.24. The Morgan fingerprint density at radius 3 is 2.27 bits per heavy atom. The van der Waals surface area contributed by atoms with Crippen LogP contribution in [-0.2, 0) is 4.79 Å². The average Bonchev–Trinajstić information content (AvgIpc) is 3.47. The maximum atomic E-state index is 12.2. The Bertz CT molecular complexity index is 765. The Hall–Kier alpha value is -2.82. The van der Waals surface area contributed by atoms with Gasteiger partial charge in [0.1, 0.15) is 0 Å². The van der Waals surface area contributed by atoms with Gasteiger partial charge in [-0.15, -0.1) is 0 Å². The number of carbonyl (C=O) groups is 2. The molecule has 2 aromatic rings. The predicted octanol–water partition coefficient (Wildman–Crippen LogP) is 3.69. The number of amides is 3. The highest BCUT2D eigenvalue weighted by atomic mass is 16.2. The lowest BCUT2D eigenvalue weighted by molar-refractivity contribution is -0.115. The molecule has 1 saturated carbocycles. The third-order valence-electron chi connectivity index (χ3n) is 4.69. The Morgan fingerprint density at radius 2 is 1.65 bits per heavy atom. The summed E-state index contributed by atoms with van der Waals surface area (Å²) < 4.78 is 0. The van der Waals surface area contributed by atoms with E-state index in [4.69, 9.17) is 0 Å². The van der Waals surface area contributed by atoms with Crippen molar-refractivity contribution in [3.05, 3.63) is 65.2 Å². The maximum absolute atomic E-state index is 12.2.